The molecule has 0 unspecified atom stereocenters. The van der Waals surface area contributed by atoms with Crippen LogP contribution < -0.4 is 10.0 Å². The predicted octanol–water partition coefficient (Wildman–Crippen LogP) is 2.89. The first-order valence-electron chi connectivity index (χ1n) is 7.56. The van der Waals surface area contributed by atoms with Crippen molar-refractivity contribution in [1.82, 2.24) is 5.32 Å². The van der Waals surface area contributed by atoms with Gasteiger partial charge in [-0.3, -0.25) is 9.52 Å². The number of hydrogen-bond acceptors (Lipinski definition) is 4. The van der Waals surface area contributed by atoms with Crippen molar-refractivity contribution in [1.29, 1.82) is 5.26 Å². The van der Waals surface area contributed by atoms with Crippen molar-refractivity contribution >= 4 is 21.6 Å². The fourth-order valence-corrected chi connectivity index (χ4v) is 3.08. The van der Waals surface area contributed by atoms with Crippen LogP contribution in [-0.2, 0) is 10.0 Å². The van der Waals surface area contributed by atoms with Crippen molar-refractivity contribution < 1.29 is 13.2 Å². The van der Waals surface area contributed by atoms with Gasteiger partial charge < -0.3 is 5.32 Å². The minimum absolute atomic E-state index is 0.0455. The van der Waals surface area contributed by atoms with E-state index in [4.69, 9.17) is 5.26 Å². The van der Waals surface area contributed by atoms with E-state index in [0.29, 0.717) is 16.8 Å². The molecule has 0 spiro atoms. The maximum absolute atomic E-state index is 12.4. The van der Waals surface area contributed by atoms with Crippen LogP contribution >= 0.6 is 0 Å². The third kappa shape index (κ3) is 5.06. The Kier molecular flexibility index (Phi) is 5.14. The largest absolute Gasteiger partial charge is 0.347 e. The van der Waals surface area contributed by atoms with Crippen LogP contribution in [0.2, 0.25) is 0 Å². The van der Waals surface area contributed by atoms with Gasteiger partial charge in [0.25, 0.3) is 15.9 Å². The molecule has 0 atom stereocenters. The Bertz CT molecular complexity index is 904. The molecular weight excluding hydrogens is 338 g/mol. The number of nitrogens with zero attached hydrogens (tertiary/aromatic N) is 1. The van der Waals surface area contributed by atoms with Gasteiger partial charge in [-0.05, 0) is 69.3 Å². The van der Waals surface area contributed by atoms with Crippen molar-refractivity contribution in [3.63, 3.8) is 0 Å². The standard InChI is InChI=1S/C18H19N3O3S/c1-18(2,3)20-17(22)14-6-10-16(11-7-14)25(23,24)21-15-8-4-13(12-19)5-9-15/h4-11,21H,1-3H3,(H,20,22). The van der Waals surface area contributed by atoms with E-state index in [1.54, 1.807) is 0 Å². The van der Waals surface area contributed by atoms with Crippen LogP contribution in [0.15, 0.2) is 53.4 Å². The molecule has 0 aliphatic rings. The number of carbonyl (C=O) groups is 1. The molecule has 0 fully saturated rings. The summed E-state index contributed by atoms with van der Waals surface area (Å²) in [4.78, 5) is 12.1. The number of hydrogen-bond donors (Lipinski definition) is 2. The van der Waals surface area contributed by atoms with Gasteiger partial charge in [0.1, 0.15) is 0 Å². The van der Waals surface area contributed by atoms with E-state index in [1.807, 2.05) is 26.8 Å². The summed E-state index contributed by atoms with van der Waals surface area (Å²) in [5, 5.41) is 11.6. The summed E-state index contributed by atoms with van der Waals surface area (Å²) < 4.78 is 27.2. The lowest BCUT2D eigenvalue weighted by Gasteiger charge is -2.20. The smallest absolute Gasteiger partial charge is 0.261 e. The molecule has 0 heterocycles. The van der Waals surface area contributed by atoms with E-state index in [2.05, 4.69) is 10.0 Å². The molecule has 0 radical (unpaired) electrons. The average molecular weight is 357 g/mol. The molecule has 25 heavy (non-hydrogen) atoms. The Balaban J connectivity index is 2.17. The van der Waals surface area contributed by atoms with Crippen LogP contribution in [0.1, 0.15) is 36.7 Å². The van der Waals surface area contributed by atoms with Gasteiger partial charge in [-0.1, -0.05) is 0 Å². The molecule has 7 heteroatoms. The lowest BCUT2D eigenvalue weighted by Crippen LogP contribution is -2.40. The van der Waals surface area contributed by atoms with Gasteiger partial charge in [-0.15, -0.1) is 0 Å². The monoisotopic (exact) mass is 357 g/mol. The normalized spacial score (nSPS) is 11.4. The topological polar surface area (TPSA) is 99.1 Å². The molecular formula is C18H19N3O3S. The van der Waals surface area contributed by atoms with Crippen molar-refractivity contribution in [3.8, 4) is 6.07 Å². The fraction of sp³-hybridized carbons (Fsp3) is 0.222. The first-order valence-corrected chi connectivity index (χ1v) is 9.05. The van der Waals surface area contributed by atoms with Gasteiger partial charge in [-0.25, -0.2) is 8.42 Å². The molecule has 0 aliphatic carbocycles. The molecule has 0 saturated carbocycles. The van der Waals surface area contributed by atoms with Gasteiger partial charge in [0.15, 0.2) is 0 Å². The molecule has 130 valence electrons. The third-order valence-corrected chi connectivity index (χ3v) is 4.58. The van der Waals surface area contributed by atoms with E-state index in [9.17, 15) is 13.2 Å². The highest BCUT2D eigenvalue weighted by Gasteiger charge is 2.18. The van der Waals surface area contributed by atoms with Crippen molar-refractivity contribution in [2.75, 3.05) is 4.72 Å². The number of sulfonamides is 1. The molecule has 1 amide bonds. The average Bonchev–Trinajstić information content (AvgIpc) is 2.54. The summed E-state index contributed by atoms with van der Waals surface area (Å²) >= 11 is 0. The highest BCUT2D eigenvalue weighted by atomic mass is 32.2. The number of nitriles is 1. The van der Waals surface area contributed by atoms with Crippen molar-refractivity contribution in [2.45, 2.75) is 31.2 Å². The molecule has 2 N–H and O–H groups in total. The second kappa shape index (κ2) is 6.95. The quantitative estimate of drug-likeness (QED) is 0.879. The van der Waals surface area contributed by atoms with E-state index in [0.717, 1.165) is 0 Å². The number of rotatable bonds is 4. The lowest BCUT2D eigenvalue weighted by molar-refractivity contribution is 0.0919. The maximum atomic E-state index is 12.4. The van der Waals surface area contributed by atoms with Crippen LogP contribution in [0.4, 0.5) is 5.69 Å². The third-order valence-electron chi connectivity index (χ3n) is 3.18. The van der Waals surface area contributed by atoms with Gasteiger partial charge in [0.2, 0.25) is 0 Å². The Labute approximate surface area is 147 Å². The SMILES string of the molecule is CC(C)(C)NC(=O)c1ccc(S(=O)(=O)Nc2ccc(C#N)cc2)cc1. The summed E-state index contributed by atoms with van der Waals surface area (Å²) in [6.45, 7) is 5.60. The van der Waals surface area contributed by atoms with E-state index < -0.39 is 10.0 Å². The van der Waals surface area contributed by atoms with E-state index in [-0.39, 0.29) is 16.3 Å². The molecule has 0 aromatic heterocycles. The van der Waals surface area contributed by atoms with Crippen molar-refractivity contribution in [2.24, 2.45) is 0 Å². The van der Waals surface area contributed by atoms with Gasteiger partial charge in [-0.2, -0.15) is 5.26 Å². The zero-order valence-corrected chi connectivity index (χ0v) is 15.0. The Morgan fingerprint density at radius 1 is 1.00 bits per heavy atom. The molecule has 0 bridgehead atoms. The van der Waals surface area contributed by atoms with Crippen LogP contribution in [0.25, 0.3) is 0 Å². The highest BCUT2D eigenvalue weighted by molar-refractivity contribution is 7.92. The first-order chi connectivity index (χ1) is 11.6. The zero-order valence-electron chi connectivity index (χ0n) is 14.2. The number of carbonyl (C=O) groups excluding carboxylic acids is 1. The second-order valence-corrected chi connectivity index (χ2v) is 8.21. The molecule has 0 aliphatic heterocycles. The summed E-state index contributed by atoms with van der Waals surface area (Å²) in [6, 6.07) is 13.7. The molecule has 2 aromatic carbocycles. The second-order valence-electron chi connectivity index (χ2n) is 6.52. The Morgan fingerprint density at radius 3 is 2.04 bits per heavy atom. The number of benzene rings is 2. The lowest BCUT2D eigenvalue weighted by atomic mass is 10.1. The van der Waals surface area contributed by atoms with Crippen molar-refractivity contribution in [3.05, 3.63) is 59.7 Å². The first kappa shape index (κ1) is 18.5. The van der Waals surface area contributed by atoms with E-state index in [1.165, 1.54) is 48.5 Å². The summed E-state index contributed by atoms with van der Waals surface area (Å²) in [5.74, 6) is -0.267. The highest BCUT2D eigenvalue weighted by Crippen LogP contribution is 2.17. The Hall–Kier alpha value is -2.85. The fourth-order valence-electron chi connectivity index (χ4n) is 2.03. The number of nitrogens with one attached hydrogen (secondary N) is 2. The zero-order chi connectivity index (χ0) is 18.7. The van der Waals surface area contributed by atoms with Gasteiger partial charge in [0, 0.05) is 16.8 Å². The number of amides is 1. The summed E-state index contributed by atoms with van der Waals surface area (Å²) in [6.07, 6.45) is 0. The van der Waals surface area contributed by atoms with E-state index >= 15 is 0 Å². The number of anilines is 1. The predicted molar refractivity (Wildman–Crippen MR) is 95.6 cm³/mol. The summed E-state index contributed by atoms with van der Waals surface area (Å²) in [7, 11) is -3.78. The van der Waals surface area contributed by atoms with Crippen LogP contribution in [-0.4, -0.2) is 19.9 Å². The Morgan fingerprint density at radius 2 is 1.56 bits per heavy atom. The minimum Gasteiger partial charge on any atom is -0.347 e. The molecule has 2 aromatic rings. The summed E-state index contributed by atoms with van der Waals surface area (Å²) in [5.41, 5.74) is 0.803. The molecule has 6 nitrogen and oxygen atoms in total. The minimum atomic E-state index is -3.78. The van der Waals surface area contributed by atoms with Gasteiger partial charge >= 0.3 is 0 Å². The van der Waals surface area contributed by atoms with Crippen LogP contribution in [0, 0.1) is 11.3 Å². The van der Waals surface area contributed by atoms with Crippen LogP contribution in [0.3, 0.4) is 0 Å². The maximum Gasteiger partial charge on any atom is 0.261 e. The molecule has 2 rings (SSSR count). The molecule has 0 saturated heterocycles. The van der Waals surface area contributed by atoms with Crippen LogP contribution in [0.5, 0.6) is 0 Å². The van der Waals surface area contributed by atoms with Gasteiger partial charge in [0.05, 0.1) is 16.5 Å².